The summed E-state index contributed by atoms with van der Waals surface area (Å²) in [5.74, 6) is 0.874. The van der Waals surface area contributed by atoms with Crippen LogP contribution in [0.5, 0.6) is 0 Å². The lowest BCUT2D eigenvalue weighted by atomic mass is 9.83. The van der Waals surface area contributed by atoms with Crippen molar-refractivity contribution in [2.75, 3.05) is 7.05 Å². The minimum atomic E-state index is 0.759. The van der Waals surface area contributed by atoms with Crippen molar-refractivity contribution in [1.29, 1.82) is 0 Å². The Hall–Kier alpha value is -0.890. The van der Waals surface area contributed by atoms with Crippen LogP contribution in [-0.2, 0) is 6.42 Å². The number of nitrogens with one attached hydrogen (secondary N) is 1. The third-order valence-corrected chi connectivity index (χ3v) is 3.50. The quantitative estimate of drug-likeness (QED) is 0.818. The maximum absolute atomic E-state index is 4.17. The summed E-state index contributed by atoms with van der Waals surface area (Å²) >= 11 is 0. The Morgan fingerprint density at radius 1 is 1.33 bits per heavy atom. The van der Waals surface area contributed by atoms with E-state index in [1.807, 2.05) is 18.5 Å². The molecule has 1 heterocycles. The summed E-state index contributed by atoms with van der Waals surface area (Å²) in [5.41, 5.74) is 1.39. The van der Waals surface area contributed by atoms with Gasteiger partial charge in [-0.2, -0.15) is 0 Å². The second-order valence-electron chi connectivity index (χ2n) is 4.57. The zero-order valence-electron chi connectivity index (χ0n) is 9.45. The van der Waals surface area contributed by atoms with Gasteiger partial charge in [-0.3, -0.25) is 4.98 Å². The average molecular weight is 204 g/mol. The molecule has 1 aromatic rings. The fourth-order valence-corrected chi connectivity index (χ4v) is 2.51. The van der Waals surface area contributed by atoms with E-state index in [0.29, 0.717) is 0 Å². The molecule has 0 spiro atoms. The number of aromatic nitrogens is 1. The van der Waals surface area contributed by atoms with E-state index in [2.05, 4.69) is 23.4 Å². The van der Waals surface area contributed by atoms with Crippen molar-refractivity contribution in [3.05, 3.63) is 30.1 Å². The van der Waals surface area contributed by atoms with E-state index < -0.39 is 0 Å². The first-order valence-electron chi connectivity index (χ1n) is 5.94. The smallest absolute Gasteiger partial charge is 0.0299 e. The highest BCUT2D eigenvalue weighted by molar-refractivity contribution is 5.09. The van der Waals surface area contributed by atoms with Crippen LogP contribution in [0.1, 0.15) is 31.2 Å². The molecule has 1 fully saturated rings. The third-order valence-electron chi connectivity index (χ3n) is 3.50. The maximum Gasteiger partial charge on any atom is 0.0299 e. The molecule has 1 aromatic heterocycles. The Morgan fingerprint density at radius 2 is 2.13 bits per heavy atom. The molecule has 2 heteroatoms. The number of hydrogen-bond donors (Lipinski definition) is 1. The van der Waals surface area contributed by atoms with Crippen LogP contribution >= 0.6 is 0 Å². The molecule has 0 aliphatic heterocycles. The van der Waals surface area contributed by atoms with Gasteiger partial charge in [0.2, 0.25) is 0 Å². The molecule has 1 aliphatic carbocycles. The van der Waals surface area contributed by atoms with Gasteiger partial charge < -0.3 is 5.32 Å². The number of hydrogen-bond acceptors (Lipinski definition) is 2. The van der Waals surface area contributed by atoms with Crippen LogP contribution < -0.4 is 5.32 Å². The van der Waals surface area contributed by atoms with Crippen LogP contribution in [0.3, 0.4) is 0 Å². The molecule has 82 valence electrons. The Morgan fingerprint density at radius 3 is 2.73 bits per heavy atom. The predicted molar refractivity (Wildman–Crippen MR) is 62.7 cm³/mol. The molecule has 15 heavy (non-hydrogen) atoms. The molecule has 0 saturated heterocycles. The van der Waals surface area contributed by atoms with E-state index in [4.69, 9.17) is 0 Å². The standard InChI is InChI=1S/C13H20N2/c1-14-13-6-4-11(5-7-13)9-12-3-2-8-15-10-12/h2-3,8,10-11,13-14H,4-7,9H2,1H3. The van der Waals surface area contributed by atoms with Gasteiger partial charge in [-0.05, 0) is 56.7 Å². The molecule has 0 aromatic carbocycles. The van der Waals surface area contributed by atoms with Gasteiger partial charge in [0, 0.05) is 18.4 Å². The Kier molecular flexibility index (Phi) is 3.73. The maximum atomic E-state index is 4.17. The van der Waals surface area contributed by atoms with Crippen molar-refractivity contribution in [2.45, 2.75) is 38.1 Å². The predicted octanol–water partition coefficient (Wildman–Crippen LogP) is 2.40. The molecule has 1 N–H and O–H groups in total. The van der Waals surface area contributed by atoms with Crippen LogP contribution in [0, 0.1) is 5.92 Å². The van der Waals surface area contributed by atoms with Crippen LogP contribution in [0.4, 0.5) is 0 Å². The van der Waals surface area contributed by atoms with Crippen LogP contribution in [0.15, 0.2) is 24.5 Å². The van der Waals surface area contributed by atoms with E-state index in [1.165, 1.54) is 37.7 Å². The topological polar surface area (TPSA) is 24.9 Å². The molecule has 2 rings (SSSR count). The second kappa shape index (κ2) is 5.26. The lowest BCUT2D eigenvalue weighted by Gasteiger charge is -2.28. The summed E-state index contributed by atoms with van der Waals surface area (Å²) in [4.78, 5) is 4.17. The fraction of sp³-hybridized carbons (Fsp3) is 0.615. The SMILES string of the molecule is CNC1CCC(Cc2cccnc2)CC1. The number of nitrogens with zero attached hydrogens (tertiary/aromatic N) is 1. The molecule has 0 amide bonds. The van der Waals surface area contributed by atoms with Gasteiger partial charge in [-0.1, -0.05) is 6.07 Å². The van der Waals surface area contributed by atoms with Crippen molar-refractivity contribution in [3.63, 3.8) is 0 Å². The zero-order valence-corrected chi connectivity index (χ0v) is 9.45. The van der Waals surface area contributed by atoms with Crippen molar-refractivity contribution in [1.82, 2.24) is 10.3 Å². The van der Waals surface area contributed by atoms with Crippen LogP contribution in [-0.4, -0.2) is 18.1 Å². The number of rotatable bonds is 3. The van der Waals surface area contributed by atoms with E-state index in [9.17, 15) is 0 Å². The van der Waals surface area contributed by atoms with E-state index in [0.717, 1.165) is 12.0 Å². The Labute approximate surface area is 92.1 Å². The first kappa shape index (κ1) is 10.6. The van der Waals surface area contributed by atoms with Gasteiger partial charge in [0.15, 0.2) is 0 Å². The normalized spacial score (nSPS) is 26.5. The van der Waals surface area contributed by atoms with Crippen LogP contribution in [0.25, 0.3) is 0 Å². The Balaban J connectivity index is 1.82. The zero-order chi connectivity index (χ0) is 10.5. The molecule has 0 atom stereocenters. The summed E-state index contributed by atoms with van der Waals surface area (Å²) in [6.45, 7) is 0. The molecule has 1 aliphatic rings. The minimum absolute atomic E-state index is 0.759. The summed E-state index contributed by atoms with van der Waals surface area (Å²) < 4.78 is 0. The highest BCUT2D eigenvalue weighted by Crippen LogP contribution is 2.26. The molecule has 0 unspecified atom stereocenters. The van der Waals surface area contributed by atoms with Crippen molar-refractivity contribution in [2.24, 2.45) is 5.92 Å². The van der Waals surface area contributed by atoms with Gasteiger partial charge in [-0.25, -0.2) is 0 Å². The summed E-state index contributed by atoms with van der Waals surface area (Å²) in [6.07, 6.45) is 10.5. The lowest BCUT2D eigenvalue weighted by Crippen LogP contribution is -2.30. The summed E-state index contributed by atoms with van der Waals surface area (Å²) in [5, 5.41) is 3.38. The average Bonchev–Trinajstić information content (AvgIpc) is 2.31. The van der Waals surface area contributed by atoms with Gasteiger partial charge in [0.1, 0.15) is 0 Å². The van der Waals surface area contributed by atoms with Gasteiger partial charge in [-0.15, -0.1) is 0 Å². The third kappa shape index (κ3) is 3.03. The van der Waals surface area contributed by atoms with Gasteiger partial charge in [0.25, 0.3) is 0 Å². The second-order valence-corrected chi connectivity index (χ2v) is 4.57. The largest absolute Gasteiger partial charge is 0.317 e. The monoisotopic (exact) mass is 204 g/mol. The van der Waals surface area contributed by atoms with E-state index >= 15 is 0 Å². The van der Waals surface area contributed by atoms with E-state index in [1.54, 1.807) is 0 Å². The fourth-order valence-electron chi connectivity index (χ4n) is 2.51. The first-order valence-corrected chi connectivity index (χ1v) is 5.94. The highest BCUT2D eigenvalue weighted by Gasteiger charge is 2.19. The van der Waals surface area contributed by atoms with Crippen LogP contribution in [0.2, 0.25) is 0 Å². The molecule has 0 radical (unpaired) electrons. The van der Waals surface area contributed by atoms with Gasteiger partial charge in [0.05, 0.1) is 0 Å². The number of pyridine rings is 1. The first-order chi connectivity index (χ1) is 7.38. The summed E-state index contributed by atoms with van der Waals surface area (Å²) in [7, 11) is 2.08. The van der Waals surface area contributed by atoms with E-state index in [-0.39, 0.29) is 0 Å². The van der Waals surface area contributed by atoms with Crippen molar-refractivity contribution in [3.8, 4) is 0 Å². The lowest BCUT2D eigenvalue weighted by molar-refractivity contribution is 0.300. The van der Waals surface area contributed by atoms with Crippen molar-refractivity contribution >= 4 is 0 Å². The molecule has 0 bridgehead atoms. The Bertz CT molecular complexity index is 276. The molecular weight excluding hydrogens is 184 g/mol. The summed E-state index contributed by atoms with van der Waals surface area (Å²) in [6, 6.07) is 4.99. The molecular formula is C13H20N2. The molecule has 1 saturated carbocycles. The minimum Gasteiger partial charge on any atom is -0.317 e. The van der Waals surface area contributed by atoms with Crippen molar-refractivity contribution < 1.29 is 0 Å². The van der Waals surface area contributed by atoms with Gasteiger partial charge >= 0.3 is 0 Å². The highest BCUT2D eigenvalue weighted by atomic mass is 14.9. The molecule has 2 nitrogen and oxygen atoms in total.